The van der Waals surface area contributed by atoms with Gasteiger partial charge >= 0.3 is 5.69 Å². The van der Waals surface area contributed by atoms with Gasteiger partial charge in [0.25, 0.3) is 10.0 Å². The van der Waals surface area contributed by atoms with Gasteiger partial charge in [0.1, 0.15) is 10.7 Å². The number of aryl methyl sites for hydroxylation is 3. The normalized spacial score (nSPS) is 11.9. The predicted molar refractivity (Wildman–Crippen MR) is 95.1 cm³/mol. The predicted octanol–water partition coefficient (Wildman–Crippen LogP) is 2.78. The molecule has 0 fully saturated rings. The van der Waals surface area contributed by atoms with Gasteiger partial charge in [-0.2, -0.15) is 0 Å². The summed E-state index contributed by atoms with van der Waals surface area (Å²) in [5, 5.41) is -0.0130. The summed E-state index contributed by atoms with van der Waals surface area (Å²) in [4.78, 5) is 11.8. The van der Waals surface area contributed by atoms with Gasteiger partial charge in [-0.05, 0) is 42.8 Å². The Morgan fingerprint density at radius 1 is 1.08 bits per heavy atom. The lowest BCUT2D eigenvalue weighted by Gasteiger charge is -2.12. The smallest absolute Gasteiger partial charge is 0.295 e. The highest BCUT2D eigenvalue weighted by molar-refractivity contribution is 7.92. The number of anilines is 1. The zero-order valence-corrected chi connectivity index (χ0v) is 15.2. The highest BCUT2D eigenvalue weighted by Gasteiger charge is 2.22. The monoisotopic (exact) mass is 383 g/mol. The number of imidazole rings is 1. The van der Waals surface area contributed by atoms with Crippen LogP contribution in [0.25, 0.3) is 11.0 Å². The molecular weight excluding hydrogens is 369 g/mol. The lowest BCUT2D eigenvalue weighted by atomic mass is 10.2. The van der Waals surface area contributed by atoms with E-state index in [4.69, 9.17) is 11.6 Å². The zero-order valence-electron chi connectivity index (χ0n) is 13.7. The second-order valence-corrected chi connectivity index (χ2v) is 7.79. The first-order valence-electron chi connectivity index (χ1n) is 7.26. The number of nitrogens with zero attached hydrogens (tertiary/aromatic N) is 2. The molecule has 25 heavy (non-hydrogen) atoms. The topological polar surface area (TPSA) is 73.1 Å². The van der Waals surface area contributed by atoms with Crippen molar-refractivity contribution in [3.05, 3.63) is 57.2 Å². The third-order valence-electron chi connectivity index (χ3n) is 4.05. The van der Waals surface area contributed by atoms with E-state index in [0.29, 0.717) is 16.6 Å². The number of fused-ring (bicyclic) bond motifs is 1. The largest absolute Gasteiger partial charge is 0.328 e. The van der Waals surface area contributed by atoms with Gasteiger partial charge in [-0.3, -0.25) is 13.9 Å². The molecule has 0 unspecified atom stereocenters. The summed E-state index contributed by atoms with van der Waals surface area (Å²) in [5.74, 6) is -0.459. The van der Waals surface area contributed by atoms with E-state index in [9.17, 15) is 17.6 Å². The van der Waals surface area contributed by atoms with E-state index in [1.54, 1.807) is 21.0 Å². The van der Waals surface area contributed by atoms with E-state index in [-0.39, 0.29) is 21.3 Å². The molecule has 1 aromatic heterocycles. The van der Waals surface area contributed by atoms with Crippen LogP contribution in [-0.4, -0.2) is 17.6 Å². The van der Waals surface area contributed by atoms with Crippen molar-refractivity contribution in [3.8, 4) is 0 Å². The minimum absolute atomic E-state index is 0.0130. The van der Waals surface area contributed by atoms with Crippen LogP contribution in [0.5, 0.6) is 0 Å². The van der Waals surface area contributed by atoms with Crippen molar-refractivity contribution in [2.75, 3.05) is 4.72 Å². The average Bonchev–Trinajstić information content (AvgIpc) is 2.74. The fraction of sp³-hybridized carbons (Fsp3) is 0.188. The number of sulfonamides is 1. The van der Waals surface area contributed by atoms with E-state index in [2.05, 4.69) is 4.72 Å². The average molecular weight is 384 g/mol. The van der Waals surface area contributed by atoms with Gasteiger partial charge in [0.15, 0.2) is 0 Å². The Morgan fingerprint density at radius 3 is 2.28 bits per heavy atom. The molecule has 9 heteroatoms. The zero-order chi connectivity index (χ0) is 18.5. The molecule has 0 amide bonds. The van der Waals surface area contributed by atoms with Crippen LogP contribution in [0.15, 0.2) is 40.0 Å². The van der Waals surface area contributed by atoms with Crippen LogP contribution in [-0.2, 0) is 24.1 Å². The summed E-state index contributed by atoms with van der Waals surface area (Å²) in [6.45, 7) is 1.59. The summed E-state index contributed by atoms with van der Waals surface area (Å²) in [6, 6.07) is 6.51. The van der Waals surface area contributed by atoms with Crippen molar-refractivity contribution in [1.29, 1.82) is 0 Å². The molecule has 0 atom stereocenters. The lowest BCUT2D eigenvalue weighted by molar-refractivity contribution is 0.601. The van der Waals surface area contributed by atoms with Gasteiger partial charge in [-0.1, -0.05) is 11.6 Å². The van der Waals surface area contributed by atoms with Crippen molar-refractivity contribution in [3.63, 3.8) is 0 Å². The third kappa shape index (κ3) is 2.91. The molecule has 0 spiro atoms. The number of nitrogens with one attached hydrogen (secondary N) is 1. The van der Waals surface area contributed by atoms with Crippen molar-refractivity contribution in [1.82, 2.24) is 9.13 Å². The van der Waals surface area contributed by atoms with Gasteiger partial charge in [-0.15, -0.1) is 0 Å². The Balaban J connectivity index is 2.15. The van der Waals surface area contributed by atoms with Crippen molar-refractivity contribution in [2.45, 2.75) is 11.8 Å². The van der Waals surface area contributed by atoms with E-state index in [1.165, 1.54) is 33.4 Å². The van der Waals surface area contributed by atoms with Crippen molar-refractivity contribution >= 4 is 38.3 Å². The summed E-state index contributed by atoms with van der Waals surface area (Å²) in [5.41, 5.74) is 1.36. The van der Waals surface area contributed by atoms with Crippen LogP contribution in [0.3, 0.4) is 0 Å². The Kier molecular flexibility index (Phi) is 4.12. The number of aromatic nitrogens is 2. The molecule has 1 N–H and O–H groups in total. The highest BCUT2D eigenvalue weighted by atomic mass is 35.5. The van der Waals surface area contributed by atoms with Crippen molar-refractivity contribution < 1.29 is 12.8 Å². The molecule has 1 heterocycles. The van der Waals surface area contributed by atoms with Gasteiger partial charge < -0.3 is 0 Å². The first-order valence-corrected chi connectivity index (χ1v) is 9.12. The maximum atomic E-state index is 13.2. The lowest BCUT2D eigenvalue weighted by Crippen LogP contribution is -2.19. The molecular formula is C16H15ClFN3O3S. The summed E-state index contributed by atoms with van der Waals surface area (Å²) in [6.07, 6.45) is 0. The van der Waals surface area contributed by atoms with Gasteiger partial charge in [0.05, 0.1) is 21.7 Å². The van der Waals surface area contributed by atoms with Gasteiger partial charge in [-0.25, -0.2) is 17.6 Å². The van der Waals surface area contributed by atoms with E-state index >= 15 is 0 Å². The molecule has 0 aliphatic carbocycles. The Morgan fingerprint density at radius 2 is 1.68 bits per heavy atom. The molecule has 2 aromatic carbocycles. The minimum Gasteiger partial charge on any atom is -0.295 e. The molecule has 3 aromatic rings. The Labute approximate surface area is 148 Å². The summed E-state index contributed by atoms with van der Waals surface area (Å²) in [7, 11) is -0.893. The van der Waals surface area contributed by atoms with E-state index in [1.807, 2.05) is 0 Å². The van der Waals surface area contributed by atoms with Gasteiger partial charge in [0.2, 0.25) is 0 Å². The van der Waals surface area contributed by atoms with Gasteiger partial charge in [0, 0.05) is 14.1 Å². The highest BCUT2D eigenvalue weighted by Crippen LogP contribution is 2.29. The second-order valence-electron chi connectivity index (χ2n) is 5.74. The quantitative estimate of drug-likeness (QED) is 0.755. The maximum absolute atomic E-state index is 13.2. The van der Waals surface area contributed by atoms with Crippen LogP contribution in [0, 0.1) is 12.7 Å². The molecule has 3 rings (SSSR count). The molecule has 6 nitrogen and oxygen atoms in total. The minimum atomic E-state index is -4.02. The molecule has 0 aliphatic rings. The van der Waals surface area contributed by atoms with Crippen LogP contribution < -0.4 is 10.4 Å². The first kappa shape index (κ1) is 17.5. The Hall–Kier alpha value is -2.32. The van der Waals surface area contributed by atoms with Crippen LogP contribution in [0.4, 0.5) is 10.1 Å². The second kappa shape index (κ2) is 5.89. The number of benzene rings is 2. The first-order chi connectivity index (χ1) is 11.6. The van der Waals surface area contributed by atoms with Crippen LogP contribution in [0.1, 0.15) is 5.56 Å². The van der Waals surface area contributed by atoms with Crippen LogP contribution in [0.2, 0.25) is 5.02 Å². The molecule has 0 saturated carbocycles. The SMILES string of the molecule is Cc1cc(F)ccc1NS(=O)(=O)c1cc2c(cc1Cl)n(C)c(=O)n2C. The molecule has 0 aliphatic heterocycles. The van der Waals surface area contributed by atoms with E-state index in [0.717, 1.165) is 6.07 Å². The number of rotatable bonds is 3. The van der Waals surface area contributed by atoms with E-state index < -0.39 is 15.8 Å². The number of hydrogen-bond acceptors (Lipinski definition) is 3. The fourth-order valence-electron chi connectivity index (χ4n) is 2.65. The molecule has 0 radical (unpaired) electrons. The summed E-state index contributed by atoms with van der Waals surface area (Å²) >= 11 is 6.15. The fourth-order valence-corrected chi connectivity index (χ4v) is 4.32. The van der Waals surface area contributed by atoms with Crippen LogP contribution >= 0.6 is 11.6 Å². The Bertz CT molecular complexity index is 1170. The number of halogens is 2. The standard InChI is InChI=1S/C16H15ClFN3O3S/c1-9-6-10(18)4-5-12(9)19-25(23,24)15-8-14-13(7-11(15)17)20(2)16(22)21(14)3/h4-8,19H,1-3H3. The molecule has 132 valence electrons. The third-order valence-corrected chi connectivity index (χ3v) is 5.88. The van der Waals surface area contributed by atoms with Crippen molar-refractivity contribution in [2.24, 2.45) is 14.1 Å². The summed E-state index contributed by atoms with van der Waals surface area (Å²) < 4.78 is 43.8. The maximum Gasteiger partial charge on any atom is 0.328 e. The number of hydrogen-bond donors (Lipinski definition) is 1. The molecule has 0 bridgehead atoms. The molecule has 0 saturated heterocycles.